The van der Waals surface area contributed by atoms with Crippen molar-refractivity contribution in [2.24, 2.45) is 0 Å². The Hall–Kier alpha value is -5.92. The lowest BCUT2D eigenvalue weighted by Crippen LogP contribution is -1.92. The SMILES string of the molecule is c1ccc(-c2ccc(-c3c4ccccc4c(-c4ccccc4-c4ccc5oc6ccccc6c5c4)c4ccccc34)cc2)cc1. The van der Waals surface area contributed by atoms with E-state index >= 15 is 0 Å². The summed E-state index contributed by atoms with van der Waals surface area (Å²) in [5.41, 5.74) is 11.7. The van der Waals surface area contributed by atoms with E-state index in [2.05, 4.69) is 158 Å². The van der Waals surface area contributed by atoms with Gasteiger partial charge in [-0.2, -0.15) is 0 Å². The van der Waals surface area contributed by atoms with Gasteiger partial charge in [-0.1, -0.05) is 152 Å². The molecule has 0 atom stereocenters. The molecule has 1 heterocycles. The van der Waals surface area contributed by atoms with Crippen molar-refractivity contribution in [3.05, 3.63) is 170 Å². The van der Waals surface area contributed by atoms with Crippen LogP contribution in [0, 0.1) is 0 Å². The monoisotopic (exact) mass is 572 g/mol. The maximum Gasteiger partial charge on any atom is 0.135 e. The highest BCUT2D eigenvalue weighted by molar-refractivity contribution is 6.22. The molecule has 0 N–H and O–H groups in total. The summed E-state index contributed by atoms with van der Waals surface area (Å²) in [7, 11) is 0. The van der Waals surface area contributed by atoms with Crippen molar-refractivity contribution in [2.45, 2.75) is 0 Å². The van der Waals surface area contributed by atoms with Crippen LogP contribution in [0.3, 0.4) is 0 Å². The molecule has 0 aliphatic rings. The molecular formula is C44H28O. The van der Waals surface area contributed by atoms with Gasteiger partial charge in [-0.25, -0.2) is 0 Å². The van der Waals surface area contributed by atoms with Gasteiger partial charge in [-0.3, -0.25) is 0 Å². The van der Waals surface area contributed by atoms with E-state index in [1.807, 2.05) is 12.1 Å². The molecule has 210 valence electrons. The molecule has 0 aliphatic heterocycles. The Bertz CT molecular complexity index is 2460. The Morgan fingerprint density at radius 2 is 0.733 bits per heavy atom. The third-order valence-corrected chi connectivity index (χ3v) is 9.10. The van der Waals surface area contributed by atoms with E-state index in [1.165, 1.54) is 66.1 Å². The average molecular weight is 573 g/mol. The molecule has 1 aromatic heterocycles. The Labute approximate surface area is 261 Å². The number of furan rings is 1. The summed E-state index contributed by atoms with van der Waals surface area (Å²) in [6.45, 7) is 0. The molecule has 0 saturated carbocycles. The molecule has 1 nitrogen and oxygen atoms in total. The molecule has 0 saturated heterocycles. The van der Waals surface area contributed by atoms with Gasteiger partial charge in [-0.05, 0) is 84.3 Å². The third kappa shape index (κ3) is 4.17. The molecule has 9 aromatic rings. The van der Waals surface area contributed by atoms with E-state index in [1.54, 1.807) is 0 Å². The van der Waals surface area contributed by atoms with Gasteiger partial charge in [-0.15, -0.1) is 0 Å². The summed E-state index contributed by atoms with van der Waals surface area (Å²) in [6, 6.07) is 61.1. The third-order valence-electron chi connectivity index (χ3n) is 9.10. The fraction of sp³-hybridized carbons (Fsp3) is 0. The summed E-state index contributed by atoms with van der Waals surface area (Å²) in [6.07, 6.45) is 0. The van der Waals surface area contributed by atoms with Gasteiger partial charge in [0.15, 0.2) is 0 Å². The summed E-state index contributed by atoms with van der Waals surface area (Å²) in [5.74, 6) is 0. The zero-order chi connectivity index (χ0) is 29.7. The van der Waals surface area contributed by atoms with Crippen molar-refractivity contribution in [1.29, 1.82) is 0 Å². The Morgan fingerprint density at radius 1 is 0.267 bits per heavy atom. The topological polar surface area (TPSA) is 13.1 Å². The number of benzene rings is 8. The number of fused-ring (bicyclic) bond motifs is 5. The van der Waals surface area contributed by atoms with Crippen molar-refractivity contribution in [2.75, 3.05) is 0 Å². The maximum atomic E-state index is 6.16. The molecule has 45 heavy (non-hydrogen) atoms. The lowest BCUT2D eigenvalue weighted by atomic mass is 9.83. The summed E-state index contributed by atoms with van der Waals surface area (Å²) in [4.78, 5) is 0. The molecular weight excluding hydrogens is 544 g/mol. The minimum atomic E-state index is 0.913. The van der Waals surface area contributed by atoms with Crippen LogP contribution >= 0.6 is 0 Å². The molecule has 0 fully saturated rings. The second-order valence-electron chi connectivity index (χ2n) is 11.6. The van der Waals surface area contributed by atoms with E-state index in [0.29, 0.717) is 0 Å². The summed E-state index contributed by atoms with van der Waals surface area (Å²) >= 11 is 0. The van der Waals surface area contributed by atoms with Crippen LogP contribution in [0.5, 0.6) is 0 Å². The predicted octanol–water partition coefficient (Wildman–Crippen LogP) is 12.6. The molecule has 0 radical (unpaired) electrons. The van der Waals surface area contributed by atoms with E-state index in [0.717, 1.165) is 21.9 Å². The van der Waals surface area contributed by atoms with Crippen LogP contribution in [0.1, 0.15) is 0 Å². The Balaban J connectivity index is 1.29. The second kappa shape index (κ2) is 10.4. The fourth-order valence-corrected chi connectivity index (χ4v) is 7.04. The standard InChI is InChI=1S/C44H28O/c1-2-12-29(13-3-1)30-22-24-31(25-23-30)43-36-17-6-8-19-38(36)44(39-20-9-7-18-37(39)43)35-16-5-4-14-33(35)32-26-27-42-40(28-32)34-15-10-11-21-41(34)45-42/h1-28H. The van der Waals surface area contributed by atoms with Gasteiger partial charge in [0.1, 0.15) is 11.2 Å². The molecule has 1 heteroatoms. The van der Waals surface area contributed by atoms with Crippen LogP contribution in [0.2, 0.25) is 0 Å². The number of rotatable bonds is 4. The molecule has 0 unspecified atom stereocenters. The lowest BCUT2D eigenvalue weighted by molar-refractivity contribution is 0.669. The highest BCUT2D eigenvalue weighted by Gasteiger charge is 2.19. The highest BCUT2D eigenvalue weighted by atomic mass is 16.3. The molecule has 8 aromatic carbocycles. The number of hydrogen-bond donors (Lipinski definition) is 0. The van der Waals surface area contributed by atoms with Gasteiger partial charge < -0.3 is 4.42 Å². The van der Waals surface area contributed by atoms with Crippen LogP contribution in [0.4, 0.5) is 0 Å². The van der Waals surface area contributed by atoms with Crippen LogP contribution < -0.4 is 0 Å². The van der Waals surface area contributed by atoms with E-state index < -0.39 is 0 Å². The van der Waals surface area contributed by atoms with Gasteiger partial charge >= 0.3 is 0 Å². The van der Waals surface area contributed by atoms with E-state index in [-0.39, 0.29) is 0 Å². The van der Waals surface area contributed by atoms with E-state index in [4.69, 9.17) is 4.42 Å². The largest absolute Gasteiger partial charge is 0.456 e. The van der Waals surface area contributed by atoms with Crippen LogP contribution in [0.25, 0.3) is 88.0 Å². The van der Waals surface area contributed by atoms with Gasteiger partial charge in [0.2, 0.25) is 0 Å². The lowest BCUT2D eigenvalue weighted by Gasteiger charge is -2.20. The second-order valence-corrected chi connectivity index (χ2v) is 11.6. The fourth-order valence-electron chi connectivity index (χ4n) is 7.04. The van der Waals surface area contributed by atoms with Crippen molar-refractivity contribution >= 4 is 43.5 Å². The van der Waals surface area contributed by atoms with E-state index in [9.17, 15) is 0 Å². The van der Waals surface area contributed by atoms with Crippen LogP contribution in [0.15, 0.2) is 174 Å². The van der Waals surface area contributed by atoms with Crippen molar-refractivity contribution in [3.63, 3.8) is 0 Å². The Morgan fingerprint density at radius 3 is 1.42 bits per heavy atom. The van der Waals surface area contributed by atoms with Gasteiger partial charge in [0.05, 0.1) is 0 Å². The molecule has 0 spiro atoms. The first kappa shape index (κ1) is 25.6. The molecule has 0 bridgehead atoms. The smallest absolute Gasteiger partial charge is 0.135 e. The first-order valence-electron chi connectivity index (χ1n) is 15.4. The normalized spacial score (nSPS) is 11.6. The van der Waals surface area contributed by atoms with Crippen LogP contribution in [-0.4, -0.2) is 0 Å². The number of para-hydroxylation sites is 1. The van der Waals surface area contributed by atoms with Gasteiger partial charge in [0.25, 0.3) is 0 Å². The number of hydrogen-bond acceptors (Lipinski definition) is 1. The minimum absolute atomic E-state index is 0.913. The van der Waals surface area contributed by atoms with Crippen molar-refractivity contribution in [1.82, 2.24) is 0 Å². The first-order valence-corrected chi connectivity index (χ1v) is 15.4. The summed E-state index contributed by atoms with van der Waals surface area (Å²) < 4.78 is 6.16. The zero-order valence-corrected chi connectivity index (χ0v) is 24.6. The van der Waals surface area contributed by atoms with Gasteiger partial charge in [0, 0.05) is 10.8 Å². The maximum absolute atomic E-state index is 6.16. The minimum Gasteiger partial charge on any atom is -0.456 e. The van der Waals surface area contributed by atoms with Crippen LogP contribution in [-0.2, 0) is 0 Å². The quantitative estimate of drug-likeness (QED) is 0.191. The molecule has 0 aliphatic carbocycles. The Kier molecular flexibility index (Phi) is 5.89. The highest BCUT2D eigenvalue weighted by Crippen LogP contribution is 2.46. The van der Waals surface area contributed by atoms with Crippen molar-refractivity contribution < 1.29 is 4.42 Å². The first-order chi connectivity index (χ1) is 22.3. The van der Waals surface area contributed by atoms with Crippen molar-refractivity contribution in [3.8, 4) is 44.5 Å². The predicted molar refractivity (Wildman–Crippen MR) is 190 cm³/mol. The zero-order valence-electron chi connectivity index (χ0n) is 24.6. The molecule has 0 amide bonds. The average Bonchev–Trinajstić information content (AvgIpc) is 3.49. The molecule has 9 rings (SSSR count). The summed E-state index contributed by atoms with van der Waals surface area (Å²) in [5, 5.41) is 7.29.